The molecule has 2 rings (SSSR count). The first-order valence-corrected chi connectivity index (χ1v) is 5.99. The molecule has 16 heavy (non-hydrogen) atoms. The van der Waals surface area contributed by atoms with Crippen LogP contribution in [0.4, 0.5) is 5.69 Å². The smallest absolute Gasteiger partial charge is 0.185 e. The molecule has 0 fully saturated rings. The number of carbonyl (C=O) groups excluding carboxylic acids is 1. The van der Waals surface area contributed by atoms with Gasteiger partial charge in [-0.25, -0.2) is 0 Å². The molecule has 0 amide bonds. The second-order valence-electron chi connectivity index (χ2n) is 3.59. The molecule has 0 atom stereocenters. The van der Waals surface area contributed by atoms with Crippen molar-refractivity contribution in [2.75, 3.05) is 11.9 Å². The molecule has 1 aromatic rings. The minimum Gasteiger partial charge on any atom is -0.383 e. The summed E-state index contributed by atoms with van der Waals surface area (Å²) in [5.74, 6) is 0.157. The second-order valence-corrected chi connectivity index (χ2v) is 3.59. The van der Waals surface area contributed by atoms with Gasteiger partial charge in [0.05, 0.1) is 5.69 Å². The Morgan fingerprint density at radius 1 is 1.44 bits per heavy atom. The van der Waals surface area contributed by atoms with Crippen molar-refractivity contribution in [3.05, 3.63) is 23.0 Å². The van der Waals surface area contributed by atoms with E-state index in [0.717, 1.165) is 18.7 Å². The molecular formula is C13H20N2O. The number of nitrogens with one attached hydrogen (secondary N) is 1. The van der Waals surface area contributed by atoms with Crippen LogP contribution in [0.15, 0.2) is 6.20 Å². The Kier molecular flexibility index (Phi) is 4.47. The van der Waals surface area contributed by atoms with Crippen LogP contribution in [0.5, 0.6) is 0 Å². The fraction of sp³-hybridized carbons (Fsp3) is 0.538. The lowest BCUT2D eigenvalue weighted by atomic mass is 10.0. The van der Waals surface area contributed by atoms with Gasteiger partial charge in [-0.05, 0) is 24.5 Å². The summed E-state index contributed by atoms with van der Waals surface area (Å²) in [6, 6.07) is 0. The Morgan fingerprint density at radius 2 is 2.12 bits per heavy atom. The van der Waals surface area contributed by atoms with E-state index in [-0.39, 0.29) is 5.78 Å². The molecule has 1 aliphatic rings. The molecule has 0 radical (unpaired) electrons. The molecule has 0 bridgehead atoms. The van der Waals surface area contributed by atoms with E-state index in [9.17, 15) is 4.79 Å². The Hall–Kier alpha value is -1.38. The van der Waals surface area contributed by atoms with E-state index >= 15 is 0 Å². The maximum Gasteiger partial charge on any atom is 0.185 e. The van der Waals surface area contributed by atoms with Crippen molar-refractivity contribution in [1.29, 1.82) is 0 Å². The molecule has 0 spiro atoms. The average Bonchev–Trinajstić information content (AvgIpc) is 2.33. The Balaban J connectivity index is 0.000000606. The number of hydrogen-bond donors (Lipinski definition) is 1. The SMILES string of the molecule is CC.CCc1cnc2c(c1C)NCCC2=O. The van der Waals surface area contributed by atoms with Crippen LogP contribution in [0.25, 0.3) is 0 Å². The van der Waals surface area contributed by atoms with Crippen molar-refractivity contribution in [3.63, 3.8) is 0 Å². The van der Waals surface area contributed by atoms with Gasteiger partial charge in [-0.15, -0.1) is 0 Å². The first kappa shape index (κ1) is 12.7. The fourth-order valence-corrected chi connectivity index (χ4v) is 1.85. The topological polar surface area (TPSA) is 42.0 Å². The minimum absolute atomic E-state index is 0.157. The van der Waals surface area contributed by atoms with Crippen LogP contribution in [-0.2, 0) is 6.42 Å². The first-order chi connectivity index (χ1) is 7.74. The lowest BCUT2D eigenvalue weighted by Gasteiger charge is -2.19. The number of rotatable bonds is 1. The van der Waals surface area contributed by atoms with E-state index in [1.807, 2.05) is 27.0 Å². The number of hydrogen-bond acceptors (Lipinski definition) is 3. The highest BCUT2D eigenvalue weighted by Gasteiger charge is 2.20. The molecule has 88 valence electrons. The van der Waals surface area contributed by atoms with Crippen molar-refractivity contribution in [3.8, 4) is 0 Å². The van der Waals surface area contributed by atoms with Gasteiger partial charge in [0.2, 0.25) is 0 Å². The molecule has 0 aliphatic carbocycles. The van der Waals surface area contributed by atoms with Gasteiger partial charge in [0.1, 0.15) is 5.69 Å². The maximum absolute atomic E-state index is 11.5. The van der Waals surface area contributed by atoms with Crippen molar-refractivity contribution in [2.45, 2.75) is 40.5 Å². The number of aromatic nitrogens is 1. The van der Waals surface area contributed by atoms with Crippen LogP contribution in [0.2, 0.25) is 0 Å². The van der Waals surface area contributed by atoms with Crippen molar-refractivity contribution in [1.82, 2.24) is 4.98 Å². The molecule has 3 heteroatoms. The van der Waals surface area contributed by atoms with Gasteiger partial charge in [0.25, 0.3) is 0 Å². The number of fused-ring (bicyclic) bond motifs is 1. The number of anilines is 1. The zero-order valence-corrected chi connectivity index (χ0v) is 10.6. The third kappa shape index (κ3) is 2.23. The van der Waals surface area contributed by atoms with E-state index in [1.54, 1.807) is 0 Å². The van der Waals surface area contributed by atoms with Gasteiger partial charge in [0, 0.05) is 19.2 Å². The molecule has 2 heterocycles. The average molecular weight is 220 g/mol. The molecule has 0 saturated heterocycles. The van der Waals surface area contributed by atoms with Crippen molar-refractivity contribution < 1.29 is 4.79 Å². The number of pyridine rings is 1. The van der Waals surface area contributed by atoms with E-state index in [2.05, 4.69) is 17.2 Å². The van der Waals surface area contributed by atoms with Crippen LogP contribution >= 0.6 is 0 Å². The number of ketones is 1. The van der Waals surface area contributed by atoms with E-state index < -0.39 is 0 Å². The summed E-state index contributed by atoms with van der Waals surface area (Å²) in [7, 11) is 0. The predicted octanol–water partition coefficient (Wildman–Crippen LogP) is 2.98. The lowest BCUT2D eigenvalue weighted by Crippen LogP contribution is -2.21. The van der Waals surface area contributed by atoms with Gasteiger partial charge in [-0.2, -0.15) is 0 Å². The molecule has 0 saturated carbocycles. The van der Waals surface area contributed by atoms with Crippen LogP contribution in [0.3, 0.4) is 0 Å². The summed E-state index contributed by atoms with van der Waals surface area (Å²) in [6.45, 7) is 8.88. The summed E-state index contributed by atoms with van der Waals surface area (Å²) < 4.78 is 0. The number of carbonyl (C=O) groups is 1. The lowest BCUT2D eigenvalue weighted by molar-refractivity contribution is 0.0978. The van der Waals surface area contributed by atoms with Crippen molar-refractivity contribution >= 4 is 11.5 Å². The summed E-state index contributed by atoms with van der Waals surface area (Å²) in [4.78, 5) is 15.8. The Labute approximate surface area is 97.3 Å². The van der Waals surface area contributed by atoms with Gasteiger partial charge < -0.3 is 5.32 Å². The van der Waals surface area contributed by atoms with E-state index in [1.165, 1.54) is 11.1 Å². The highest BCUT2D eigenvalue weighted by atomic mass is 16.1. The number of Topliss-reactive ketones (excluding diaryl/α,β-unsaturated/α-hetero) is 1. The summed E-state index contributed by atoms with van der Waals surface area (Å²) >= 11 is 0. The summed E-state index contributed by atoms with van der Waals surface area (Å²) in [6.07, 6.45) is 3.34. The first-order valence-electron chi connectivity index (χ1n) is 5.99. The predicted molar refractivity (Wildman–Crippen MR) is 67.1 cm³/mol. The Morgan fingerprint density at radius 3 is 2.75 bits per heavy atom. The third-order valence-electron chi connectivity index (χ3n) is 2.74. The number of nitrogens with zero attached hydrogens (tertiary/aromatic N) is 1. The zero-order valence-electron chi connectivity index (χ0n) is 10.6. The summed E-state index contributed by atoms with van der Waals surface area (Å²) in [5.41, 5.74) is 3.95. The second kappa shape index (κ2) is 5.64. The highest BCUT2D eigenvalue weighted by molar-refractivity contribution is 6.01. The van der Waals surface area contributed by atoms with Crippen molar-refractivity contribution in [2.24, 2.45) is 0 Å². The van der Waals surface area contributed by atoms with Crippen LogP contribution in [-0.4, -0.2) is 17.3 Å². The van der Waals surface area contributed by atoms with Gasteiger partial charge in [0.15, 0.2) is 5.78 Å². The molecular weight excluding hydrogens is 200 g/mol. The van der Waals surface area contributed by atoms with Crippen LogP contribution in [0.1, 0.15) is 48.8 Å². The maximum atomic E-state index is 11.5. The minimum atomic E-state index is 0.157. The third-order valence-corrected chi connectivity index (χ3v) is 2.74. The molecule has 0 unspecified atom stereocenters. The molecule has 1 aliphatic heterocycles. The Bertz CT molecular complexity index is 386. The van der Waals surface area contributed by atoms with Gasteiger partial charge in [-0.3, -0.25) is 9.78 Å². The standard InChI is InChI=1S/C11H14N2O.C2H6/c1-3-8-6-13-11-9(14)4-5-12-10(11)7(8)2;1-2/h6,12H,3-5H2,1-2H3;1-2H3. The van der Waals surface area contributed by atoms with E-state index in [0.29, 0.717) is 12.1 Å². The van der Waals surface area contributed by atoms with E-state index in [4.69, 9.17) is 0 Å². The zero-order chi connectivity index (χ0) is 12.1. The van der Waals surface area contributed by atoms with Crippen LogP contribution in [0, 0.1) is 6.92 Å². The molecule has 0 aromatic carbocycles. The van der Waals surface area contributed by atoms with Crippen LogP contribution < -0.4 is 5.32 Å². The highest BCUT2D eigenvalue weighted by Crippen LogP contribution is 2.26. The van der Waals surface area contributed by atoms with Gasteiger partial charge >= 0.3 is 0 Å². The quantitative estimate of drug-likeness (QED) is 0.791. The number of aryl methyl sites for hydroxylation is 1. The van der Waals surface area contributed by atoms with Gasteiger partial charge in [-0.1, -0.05) is 20.8 Å². The summed E-state index contributed by atoms with van der Waals surface area (Å²) in [5, 5.41) is 3.25. The molecule has 1 N–H and O–H groups in total. The monoisotopic (exact) mass is 220 g/mol. The largest absolute Gasteiger partial charge is 0.383 e. The fourth-order valence-electron chi connectivity index (χ4n) is 1.85. The molecule has 3 nitrogen and oxygen atoms in total. The molecule has 1 aromatic heterocycles. The normalized spacial score (nSPS) is 13.4.